The Kier molecular flexibility index (Phi) is 4.37. The number of rotatable bonds is 5. The molecule has 0 aliphatic heterocycles. The zero-order valence-electron chi connectivity index (χ0n) is 11.4. The fourth-order valence-electron chi connectivity index (χ4n) is 2.26. The summed E-state index contributed by atoms with van der Waals surface area (Å²) in [5, 5.41) is 1.55. The molecule has 0 saturated heterocycles. The van der Waals surface area contributed by atoms with Crippen molar-refractivity contribution in [3.05, 3.63) is 66.3 Å². The van der Waals surface area contributed by atoms with E-state index in [4.69, 9.17) is 0 Å². The molecule has 0 bridgehead atoms. The van der Waals surface area contributed by atoms with E-state index >= 15 is 0 Å². The maximum absolute atomic E-state index is 2.45. The van der Waals surface area contributed by atoms with Crippen LogP contribution in [0, 0.1) is 0 Å². The molecule has 0 spiro atoms. The maximum atomic E-state index is 2.45. The molecule has 1 aromatic carbocycles. The lowest BCUT2D eigenvalue weighted by Gasteiger charge is -2.20. The zero-order valence-corrected chi connectivity index (χ0v) is 12.4. The Morgan fingerprint density at radius 1 is 1.11 bits per heavy atom. The van der Waals surface area contributed by atoms with Crippen molar-refractivity contribution < 1.29 is 0 Å². The van der Waals surface area contributed by atoms with Gasteiger partial charge in [-0.15, -0.1) is 0 Å². The molecule has 18 heavy (non-hydrogen) atoms. The van der Waals surface area contributed by atoms with Gasteiger partial charge in [-0.25, -0.2) is 0 Å². The molecule has 0 atom stereocenters. The molecule has 0 N–H and O–H groups in total. The monoisotopic (exact) mass is 254 g/mol. The minimum absolute atomic E-state index is 1.12. The standard InChI is InChI=1S/C17H22Si/c1-18(2,17-13-4-3-5-14-17)15-9-8-12-16-10-6-7-11-16/h3-10,13-14H,11-12,15H2,1-2H3/b9-8+. The summed E-state index contributed by atoms with van der Waals surface area (Å²) in [6, 6.07) is 12.2. The van der Waals surface area contributed by atoms with Gasteiger partial charge in [0.2, 0.25) is 0 Å². The second-order valence-electron chi connectivity index (χ2n) is 5.59. The first-order valence-electron chi connectivity index (χ1n) is 6.73. The molecule has 1 aliphatic carbocycles. The van der Waals surface area contributed by atoms with Crippen molar-refractivity contribution in [3.8, 4) is 0 Å². The van der Waals surface area contributed by atoms with E-state index in [2.05, 4.69) is 73.8 Å². The van der Waals surface area contributed by atoms with E-state index in [1.54, 1.807) is 5.19 Å². The largest absolute Gasteiger partial charge is 0.0906 e. The Morgan fingerprint density at radius 2 is 1.89 bits per heavy atom. The number of allylic oxidation sites excluding steroid dienone is 6. The topological polar surface area (TPSA) is 0 Å². The first-order valence-corrected chi connectivity index (χ1v) is 9.94. The molecule has 0 saturated carbocycles. The summed E-state index contributed by atoms with van der Waals surface area (Å²) in [5.74, 6) is 0. The summed E-state index contributed by atoms with van der Waals surface area (Å²) >= 11 is 0. The average molecular weight is 254 g/mol. The molecular weight excluding hydrogens is 232 g/mol. The van der Waals surface area contributed by atoms with Crippen molar-refractivity contribution in [2.75, 3.05) is 0 Å². The quantitative estimate of drug-likeness (QED) is 0.538. The van der Waals surface area contributed by atoms with Gasteiger partial charge in [0.25, 0.3) is 0 Å². The van der Waals surface area contributed by atoms with E-state index in [1.165, 1.54) is 11.6 Å². The molecule has 2 rings (SSSR count). The molecule has 0 amide bonds. The van der Waals surface area contributed by atoms with E-state index < -0.39 is 8.07 Å². The minimum atomic E-state index is -1.28. The van der Waals surface area contributed by atoms with Crippen molar-refractivity contribution >= 4 is 13.3 Å². The molecule has 0 nitrogen and oxygen atoms in total. The summed E-state index contributed by atoms with van der Waals surface area (Å²) < 4.78 is 0. The smallest absolute Gasteiger partial charge is 0.0843 e. The molecule has 0 unspecified atom stereocenters. The van der Waals surface area contributed by atoms with Gasteiger partial charge in [-0.2, -0.15) is 0 Å². The van der Waals surface area contributed by atoms with E-state index in [9.17, 15) is 0 Å². The van der Waals surface area contributed by atoms with E-state index in [-0.39, 0.29) is 0 Å². The van der Waals surface area contributed by atoms with Gasteiger partial charge in [-0.05, 0) is 18.9 Å². The van der Waals surface area contributed by atoms with Gasteiger partial charge in [-0.3, -0.25) is 0 Å². The third-order valence-corrected chi connectivity index (χ3v) is 6.73. The third-order valence-electron chi connectivity index (χ3n) is 3.58. The summed E-state index contributed by atoms with van der Waals surface area (Å²) in [7, 11) is -1.28. The van der Waals surface area contributed by atoms with Crippen molar-refractivity contribution in [2.24, 2.45) is 0 Å². The molecule has 1 heteroatoms. The van der Waals surface area contributed by atoms with Crippen LogP contribution in [0.15, 0.2) is 66.3 Å². The van der Waals surface area contributed by atoms with Crippen LogP contribution in [0.1, 0.15) is 12.8 Å². The highest BCUT2D eigenvalue weighted by Gasteiger charge is 2.20. The Morgan fingerprint density at radius 3 is 2.56 bits per heavy atom. The van der Waals surface area contributed by atoms with Gasteiger partial charge in [0, 0.05) is 0 Å². The van der Waals surface area contributed by atoms with Crippen LogP contribution in [0.3, 0.4) is 0 Å². The molecule has 0 aromatic heterocycles. The van der Waals surface area contributed by atoms with Crippen LogP contribution in [0.5, 0.6) is 0 Å². The molecular formula is C17H22Si. The van der Waals surface area contributed by atoms with Crippen LogP contribution in [0.4, 0.5) is 0 Å². The summed E-state index contributed by atoms with van der Waals surface area (Å²) in [4.78, 5) is 0. The minimum Gasteiger partial charge on any atom is -0.0906 e. The molecule has 1 aliphatic rings. The summed E-state index contributed by atoms with van der Waals surface area (Å²) in [6.45, 7) is 4.89. The number of hydrogen-bond donors (Lipinski definition) is 0. The normalized spacial score (nSPS) is 15.3. The molecule has 0 radical (unpaired) electrons. The highest BCUT2D eigenvalue weighted by molar-refractivity contribution is 6.90. The van der Waals surface area contributed by atoms with Crippen LogP contribution in [-0.4, -0.2) is 8.07 Å². The van der Waals surface area contributed by atoms with Gasteiger partial charge in [0.15, 0.2) is 0 Å². The fraction of sp³-hybridized carbons (Fsp3) is 0.294. The molecule has 0 fully saturated rings. The van der Waals surface area contributed by atoms with Crippen molar-refractivity contribution in [1.29, 1.82) is 0 Å². The van der Waals surface area contributed by atoms with Crippen molar-refractivity contribution in [1.82, 2.24) is 0 Å². The predicted molar refractivity (Wildman–Crippen MR) is 84.0 cm³/mol. The first-order chi connectivity index (χ1) is 8.68. The van der Waals surface area contributed by atoms with Gasteiger partial charge < -0.3 is 0 Å². The van der Waals surface area contributed by atoms with Crippen LogP contribution in [0.25, 0.3) is 0 Å². The Balaban J connectivity index is 1.87. The van der Waals surface area contributed by atoms with E-state index in [0.29, 0.717) is 0 Å². The van der Waals surface area contributed by atoms with Crippen molar-refractivity contribution in [2.45, 2.75) is 32.0 Å². The van der Waals surface area contributed by atoms with Gasteiger partial charge in [0.05, 0.1) is 8.07 Å². The van der Waals surface area contributed by atoms with Gasteiger partial charge in [0.1, 0.15) is 0 Å². The third kappa shape index (κ3) is 3.57. The molecule has 0 heterocycles. The van der Waals surface area contributed by atoms with Crippen molar-refractivity contribution in [3.63, 3.8) is 0 Å². The molecule has 94 valence electrons. The maximum Gasteiger partial charge on any atom is 0.0843 e. The predicted octanol–water partition coefficient (Wildman–Crippen LogP) is 4.43. The highest BCUT2D eigenvalue weighted by atomic mass is 28.3. The Labute approximate surface area is 112 Å². The Bertz CT molecular complexity index is 464. The number of hydrogen-bond acceptors (Lipinski definition) is 0. The second kappa shape index (κ2) is 6.01. The summed E-state index contributed by atoms with van der Waals surface area (Å²) in [5.41, 5.74) is 1.53. The lowest BCUT2D eigenvalue weighted by molar-refractivity contribution is 1.13. The van der Waals surface area contributed by atoms with Crippen LogP contribution in [-0.2, 0) is 0 Å². The van der Waals surface area contributed by atoms with E-state index in [0.717, 1.165) is 12.8 Å². The fourth-order valence-corrected chi connectivity index (χ4v) is 4.35. The lowest BCUT2D eigenvalue weighted by atomic mass is 10.1. The number of benzene rings is 1. The molecule has 1 aromatic rings. The lowest BCUT2D eigenvalue weighted by Crippen LogP contribution is -2.40. The van der Waals surface area contributed by atoms with Crippen LogP contribution >= 0.6 is 0 Å². The average Bonchev–Trinajstić information content (AvgIpc) is 2.89. The highest BCUT2D eigenvalue weighted by Crippen LogP contribution is 2.16. The van der Waals surface area contributed by atoms with Gasteiger partial charge >= 0.3 is 0 Å². The summed E-state index contributed by atoms with van der Waals surface area (Å²) in [6.07, 6.45) is 13.6. The first kappa shape index (κ1) is 13.1. The van der Waals surface area contributed by atoms with Crippen LogP contribution < -0.4 is 5.19 Å². The van der Waals surface area contributed by atoms with Gasteiger partial charge in [-0.1, -0.05) is 84.6 Å². The van der Waals surface area contributed by atoms with E-state index in [1.807, 2.05) is 0 Å². The Hall–Kier alpha value is -1.34. The van der Waals surface area contributed by atoms with Crippen LogP contribution in [0.2, 0.25) is 19.1 Å². The SMILES string of the molecule is C[Si](C)(C/C=C/CC1=CC=CC1)c1ccccc1. The zero-order chi connectivity index (χ0) is 12.8. The second-order valence-corrected chi connectivity index (χ2v) is 10.3.